The first kappa shape index (κ1) is 26.2. The first-order chi connectivity index (χ1) is 17.2. The molecule has 0 saturated carbocycles. The van der Waals surface area contributed by atoms with Gasteiger partial charge in [-0.3, -0.25) is 0 Å². The van der Waals surface area contributed by atoms with Gasteiger partial charge in [-0.1, -0.05) is 18.2 Å². The lowest BCUT2D eigenvalue weighted by Gasteiger charge is -2.31. The number of alkyl halides is 2. The molecule has 2 aromatic carbocycles. The van der Waals surface area contributed by atoms with Crippen molar-refractivity contribution in [1.29, 1.82) is 0 Å². The molecule has 0 spiro atoms. The fraction of sp³-hybridized carbons (Fsp3) is 0.240. The Morgan fingerprint density at radius 3 is 1.94 bits per heavy atom. The van der Waals surface area contributed by atoms with Crippen LogP contribution in [0, 0.1) is 0 Å². The summed E-state index contributed by atoms with van der Waals surface area (Å²) in [6, 6.07) is 12.0. The molecule has 0 fully saturated rings. The number of para-hydroxylation sites is 1. The molecule has 190 valence electrons. The molecule has 2 amide bonds. The Hall–Kier alpha value is -4.41. The minimum atomic E-state index is -3.19. The number of halogens is 2. The number of dihydropyridines is 1. The molecule has 0 saturated heterocycles. The maximum Gasteiger partial charge on any atom is 0.387 e. The number of carbonyl (C=O) groups is 3. The molecule has 11 heteroatoms. The fourth-order valence-electron chi connectivity index (χ4n) is 3.94. The van der Waals surface area contributed by atoms with Gasteiger partial charge in [-0.25, -0.2) is 14.4 Å². The number of ether oxygens (including phenoxy) is 3. The van der Waals surface area contributed by atoms with E-state index in [1.54, 1.807) is 44.2 Å². The van der Waals surface area contributed by atoms with Crippen molar-refractivity contribution in [2.45, 2.75) is 26.4 Å². The number of amides is 2. The Morgan fingerprint density at radius 1 is 0.861 bits per heavy atom. The number of hydrogen-bond acceptors (Lipinski definition) is 7. The quantitative estimate of drug-likeness (QED) is 0.478. The van der Waals surface area contributed by atoms with Crippen LogP contribution in [0.5, 0.6) is 5.75 Å². The summed E-state index contributed by atoms with van der Waals surface area (Å²) in [4.78, 5) is 38.0. The van der Waals surface area contributed by atoms with Gasteiger partial charge in [-0.15, -0.1) is 0 Å². The topological polar surface area (TPSA) is 115 Å². The minimum Gasteiger partial charge on any atom is -0.466 e. The third kappa shape index (κ3) is 5.80. The van der Waals surface area contributed by atoms with Crippen molar-refractivity contribution in [2.75, 3.05) is 24.9 Å². The summed E-state index contributed by atoms with van der Waals surface area (Å²) in [6.45, 7) is -0.0244. The molecule has 0 unspecified atom stereocenters. The van der Waals surface area contributed by atoms with E-state index < -0.39 is 30.5 Å². The van der Waals surface area contributed by atoms with Gasteiger partial charge in [0.25, 0.3) is 0 Å². The molecule has 1 aliphatic heterocycles. The van der Waals surface area contributed by atoms with Gasteiger partial charge >= 0.3 is 24.6 Å². The number of urea groups is 1. The highest BCUT2D eigenvalue weighted by Crippen LogP contribution is 2.44. The zero-order valence-electron chi connectivity index (χ0n) is 20.0. The first-order valence-electron chi connectivity index (χ1n) is 10.7. The normalized spacial score (nSPS) is 13.8. The Morgan fingerprint density at radius 2 is 1.42 bits per heavy atom. The number of esters is 2. The van der Waals surface area contributed by atoms with Gasteiger partial charge in [-0.2, -0.15) is 8.78 Å². The van der Waals surface area contributed by atoms with Crippen LogP contribution in [0.15, 0.2) is 71.1 Å². The van der Waals surface area contributed by atoms with Crippen LogP contribution < -0.4 is 20.7 Å². The van der Waals surface area contributed by atoms with Crippen LogP contribution in [0.25, 0.3) is 0 Å². The molecule has 0 atom stereocenters. The minimum absolute atomic E-state index is 0.00602. The molecule has 0 aliphatic carbocycles. The van der Waals surface area contributed by atoms with E-state index in [9.17, 15) is 23.2 Å². The second-order valence-corrected chi connectivity index (χ2v) is 7.69. The standard InChI is InChI=1S/C25H25F2N3O6/c1-13-19(22(31)34-3)21(20(14(2)28-13)23(32)35-4)17-12-16(10-11-18(17)36-24(26)27)30-25(33)29-15-8-6-5-7-9-15/h5-12,21,24,28H,1-4H3,(H2,29,30,33). The molecule has 36 heavy (non-hydrogen) atoms. The smallest absolute Gasteiger partial charge is 0.387 e. The summed E-state index contributed by atoms with van der Waals surface area (Å²) in [7, 11) is 2.32. The van der Waals surface area contributed by atoms with Crippen molar-refractivity contribution in [1.82, 2.24) is 5.32 Å². The summed E-state index contributed by atoms with van der Waals surface area (Å²) in [5.74, 6) is -3.07. The molecule has 3 N–H and O–H groups in total. The zero-order chi connectivity index (χ0) is 26.4. The van der Waals surface area contributed by atoms with Gasteiger partial charge in [0, 0.05) is 28.3 Å². The van der Waals surface area contributed by atoms with E-state index in [1.807, 2.05) is 0 Å². The third-order valence-electron chi connectivity index (χ3n) is 5.40. The third-order valence-corrected chi connectivity index (χ3v) is 5.40. The van der Waals surface area contributed by atoms with Crippen molar-refractivity contribution in [3.63, 3.8) is 0 Å². The second kappa shape index (κ2) is 11.3. The lowest BCUT2D eigenvalue weighted by Crippen LogP contribution is -2.32. The summed E-state index contributed by atoms with van der Waals surface area (Å²) in [5, 5.41) is 8.19. The monoisotopic (exact) mass is 501 g/mol. The van der Waals surface area contributed by atoms with E-state index in [4.69, 9.17) is 14.2 Å². The Balaban J connectivity index is 2.12. The molecular weight excluding hydrogens is 476 g/mol. The number of benzene rings is 2. The summed E-state index contributed by atoms with van der Waals surface area (Å²) in [6.07, 6.45) is 0. The summed E-state index contributed by atoms with van der Waals surface area (Å²) in [5.41, 5.74) is 1.43. The van der Waals surface area contributed by atoms with Crippen molar-refractivity contribution in [2.24, 2.45) is 0 Å². The van der Waals surface area contributed by atoms with E-state index in [1.165, 1.54) is 18.2 Å². The molecule has 3 rings (SSSR count). The van der Waals surface area contributed by atoms with E-state index >= 15 is 0 Å². The number of hydrogen-bond donors (Lipinski definition) is 3. The van der Waals surface area contributed by atoms with Gasteiger partial charge < -0.3 is 30.2 Å². The van der Waals surface area contributed by atoms with Crippen molar-refractivity contribution in [3.05, 3.63) is 76.6 Å². The predicted octanol–water partition coefficient (Wildman–Crippen LogP) is 4.51. The lowest BCUT2D eigenvalue weighted by molar-refractivity contribution is -0.137. The van der Waals surface area contributed by atoms with Gasteiger partial charge in [0.2, 0.25) is 0 Å². The van der Waals surface area contributed by atoms with Crippen LogP contribution in [-0.2, 0) is 19.1 Å². The van der Waals surface area contributed by atoms with E-state index in [0.29, 0.717) is 17.1 Å². The molecule has 1 aliphatic rings. The van der Waals surface area contributed by atoms with Crippen LogP contribution in [0.3, 0.4) is 0 Å². The lowest BCUT2D eigenvalue weighted by atomic mass is 9.79. The maximum atomic E-state index is 13.3. The number of rotatable bonds is 7. The van der Waals surface area contributed by atoms with Crippen molar-refractivity contribution < 1.29 is 37.4 Å². The molecule has 0 aromatic heterocycles. The van der Waals surface area contributed by atoms with Crippen LogP contribution in [0.2, 0.25) is 0 Å². The van der Waals surface area contributed by atoms with Gasteiger partial charge in [0.05, 0.1) is 31.3 Å². The molecule has 0 bridgehead atoms. The SMILES string of the molecule is COC(=O)C1=C(C)NC(C)=C(C(=O)OC)C1c1cc(NC(=O)Nc2ccccc2)ccc1OC(F)F. The number of carbonyl (C=O) groups excluding carboxylic acids is 3. The zero-order valence-corrected chi connectivity index (χ0v) is 20.0. The van der Waals surface area contributed by atoms with Crippen molar-refractivity contribution >= 4 is 29.3 Å². The average molecular weight is 501 g/mol. The fourth-order valence-corrected chi connectivity index (χ4v) is 3.94. The molecule has 2 aromatic rings. The Bertz CT molecular complexity index is 1190. The maximum absolute atomic E-state index is 13.3. The van der Waals surface area contributed by atoms with E-state index in [2.05, 4.69) is 16.0 Å². The summed E-state index contributed by atoms with van der Waals surface area (Å²) < 4.78 is 41.1. The second-order valence-electron chi connectivity index (χ2n) is 7.69. The molecule has 0 radical (unpaired) electrons. The van der Waals surface area contributed by atoms with Gasteiger partial charge in [0.1, 0.15) is 5.75 Å². The highest BCUT2D eigenvalue weighted by molar-refractivity contribution is 6.01. The number of anilines is 2. The first-order valence-corrected chi connectivity index (χ1v) is 10.7. The molecular formula is C25H25F2N3O6. The molecule has 1 heterocycles. The predicted molar refractivity (Wildman–Crippen MR) is 127 cm³/mol. The number of nitrogens with one attached hydrogen (secondary N) is 3. The van der Waals surface area contributed by atoms with Crippen molar-refractivity contribution in [3.8, 4) is 5.75 Å². The summed E-state index contributed by atoms with van der Waals surface area (Å²) >= 11 is 0. The largest absolute Gasteiger partial charge is 0.466 e. The van der Waals surface area contributed by atoms with Crippen LogP contribution in [-0.4, -0.2) is 38.8 Å². The number of allylic oxidation sites excluding steroid dienone is 2. The van der Waals surface area contributed by atoms with Crippen LogP contribution >= 0.6 is 0 Å². The average Bonchev–Trinajstić information content (AvgIpc) is 2.84. The van der Waals surface area contributed by atoms with E-state index in [0.717, 1.165) is 14.2 Å². The van der Waals surface area contributed by atoms with Gasteiger partial charge in [0.15, 0.2) is 0 Å². The van der Waals surface area contributed by atoms with Gasteiger partial charge in [-0.05, 0) is 44.2 Å². The highest BCUT2D eigenvalue weighted by atomic mass is 19.3. The number of methoxy groups -OCH3 is 2. The van der Waals surface area contributed by atoms with Crippen LogP contribution in [0.1, 0.15) is 25.3 Å². The highest BCUT2D eigenvalue weighted by Gasteiger charge is 2.39. The van der Waals surface area contributed by atoms with Crippen LogP contribution in [0.4, 0.5) is 25.0 Å². The van der Waals surface area contributed by atoms with E-state index in [-0.39, 0.29) is 28.1 Å². The Kier molecular flexibility index (Phi) is 8.26. The molecule has 9 nitrogen and oxygen atoms in total. The Labute approximate surface area is 206 Å².